The number of hydrogen-bond acceptors (Lipinski definition) is 3. The molecule has 0 aliphatic rings. The van der Waals surface area contributed by atoms with E-state index in [0.29, 0.717) is 17.1 Å². The highest BCUT2D eigenvalue weighted by Gasteiger charge is 2.10. The Morgan fingerprint density at radius 3 is 2.46 bits per heavy atom. The predicted molar refractivity (Wildman–Crippen MR) is 99.2 cm³/mol. The summed E-state index contributed by atoms with van der Waals surface area (Å²) in [7, 11) is 0. The number of nitrogens with one attached hydrogen (secondary N) is 2. The third-order valence-electron chi connectivity index (χ3n) is 3.72. The van der Waals surface area contributed by atoms with Gasteiger partial charge in [-0.15, -0.1) is 0 Å². The molecule has 0 fully saturated rings. The monoisotopic (exact) mass is 368 g/mol. The average molecular weight is 369 g/mol. The van der Waals surface area contributed by atoms with Crippen LogP contribution in [0.15, 0.2) is 67.0 Å². The van der Waals surface area contributed by atoms with E-state index < -0.39 is 0 Å². The summed E-state index contributed by atoms with van der Waals surface area (Å²) >= 11 is 5.96. The highest BCUT2D eigenvalue weighted by atomic mass is 35.5. The van der Waals surface area contributed by atoms with Crippen LogP contribution in [0.25, 0.3) is 5.69 Å². The van der Waals surface area contributed by atoms with Gasteiger partial charge in [0.1, 0.15) is 0 Å². The van der Waals surface area contributed by atoms with E-state index in [0.717, 1.165) is 11.3 Å². The summed E-state index contributed by atoms with van der Waals surface area (Å²) in [5, 5.41) is 9.83. The second kappa shape index (κ2) is 8.31. The lowest BCUT2D eigenvalue weighted by Crippen LogP contribution is -2.36. The topological polar surface area (TPSA) is 76.0 Å². The highest BCUT2D eigenvalue weighted by molar-refractivity contribution is 6.33. The maximum absolute atomic E-state index is 12.0. The molecule has 0 saturated heterocycles. The molecule has 2 amide bonds. The quantitative estimate of drug-likeness (QED) is 0.702. The van der Waals surface area contributed by atoms with Crippen LogP contribution >= 0.6 is 11.6 Å². The molecule has 132 valence electrons. The minimum Gasteiger partial charge on any atom is -0.350 e. The lowest BCUT2D eigenvalue weighted by atomic mass is 10.2. The molecular weight excluding hydrogens is 352 g/mol. The van der Waals surface area contributed by atoms with Gasteiger partial charge in [0.2, 0.25) is 5.91 Å². The number of carbonyl (C=O) groups excluding carboxylic acids is 2. The molecule has 2 N–H and O–H groups in total. The van der Waals surface area contributed by atoms with Crippen molar-refractivity contribution in [1.29, 1.82) is 0 Å². The fourth-order valence-electron chi connectivity index (χ4n) is 2.35. The number of rotatable bonds is 6. The van der Waals surface area contributed by atoms with Crippen LogP contribution < -0.4 is 10.6 Å². The van der Waals surface area contributed by atoms with Crippen LogP contribution in [0.3, 0.4) is 0 Å². The van der Waals surface area contributed by atoms with Gasteiger partial charge in [-0.1, -0.05) is 35.9 Å². The van der Waals surface area contributed by atoms with Crippen molar-refractivity contribution in [3.05, 3.63) is 83.1 Å². The lowest BCUT2D eigenvalue weighted by molar-refractivity contribution is -0.120. The maximum atomic E-state index is 12.0. The Morgan fingerprint density at radius 2 is 1.77 bits per heavy atom. The van der Waals surface area contributed by atoms with Gasteiger partial charge < -0.3 is 10.6 Å². The summed E-state index contributed by atoms with van der Waals surface area (Å²) in [4.78, 5) is 23.9. The Labute approximate surface area is 155 Å². The van der Waals surface area contributed by atoms with Crippen molar-refractivity contribution in [2.24, 2.45) is 0 Å². The van der Waals surface area contributed by atoms with E-state index >= 15 is 0 Å². The first-order valence-electron chi connectivity index (χ1n) is 8.02. The average Bonchev–Trinajstić information content (AvgIpc) is 3.20. The number of amides is 2. The molecule has 7 heteroatoms. The van der Waals surface area contributed by atoms with Gasteiger partial charge in [-0.2, -0.15) is 5.10 Å². The number of aromatic nitrogens is 2. The molecular formula is C19H17ClN4O2. The Hall–Kier alpha value is -3.12. The molecule has 3 aromatic rings. The lowest BCUT2D eigenvalue weighted by Gasteiger charge is -2.08. The third-order valence-corrected chi connectivity index (χ3v) is 4.05. The van der Waals surface area contributed by atoms with E-state index in [1.54, 1.807) is 35.1 Å². The first-order valence-corrected chi connectivity index (χ1v) is 8.39. The Kier molecular flexibility index (Phi) is 5.66. The first kappa shape index (κ1) is 17.7. The minimum absolute atomic E-state index is 0.116. The normalized spacial score (nSPS) is 10.3. The molecule has 0 unspecified atom stereocenters. The van der Waals surface area contributed by atoms with Gasteiger partial charge in [-0.05, 0) is 35.9 Å². The fraction of sp³-hybridized carbons (Fsp3) is 0.105. The minimum atomic E-state index is -0.380. The Morgan fingerprint density at radius 1 is 1.00 bits per heavy atom. The van der Waals surface area contributed by atoms with Crippen LogP contribution in [0.5, 0.6) is 0 Å². The zero-order valence-electron chi connectivity index (χ0n) is 13.9. The molecule has 0 atom stereocenters. The Bertz CT molecular complexity index is 892. The number of halogens is 1. The third kappa shape index (κ3) is 4.49. The van der Waals surface area contributed by atoms with Crippen molar-refractivity contribution < 1.29 is 9.59 Å². The van der Waals surface area contributed by atoms with Crippen LogP contribution in [-0.4, -0.2) is 28.1 Å². The number of carbonyl (C=O) groups is 2. The van der Waals surface area contributed by atoms with Gasteiger partial charge in [0.25, 0.3) is 5.91 Å². The second-order valence-corrected chi connectivity index (χ2v) is 5.96. The highest BCUT2D eigenvalue weighted by Crippen LogP contribution is 2.14. The molecule has 0 saturated carbocycles. The zero-order valence-corrected chi connectivity index (χ0v) is 14.6. The SMILES string of the molecule is O=C(CNC(=O)c1ccccc1Cl)NCc1ccc(-n2cccn2)cc1. The molecule has 6 nitrogen and oxygen atoms in total. The van der Waals surface area contributed by atoms with Crippen LogP contribution in [0.4, 0.5) is 0 Å². The summed E-state index contributed by atoms with van der Waals surface area (Å²) in [6.07, 6.45) is 3.57. The number of benzene rings is 2. The van der Waals surface area contributed by atoms with E-state index in [4.69, 9.17) is 11.6 Å². The summed E-state index contributed by atoms with van der Waals surface area (Å²) in [6.45, 7) is 0.260. The van der Waals surface area contributed by atoms with Gasteiger partial charge in [-0.25, -0.2) is 4.68 Å². The molecule has 0 aliphatic heterocycles. The molecule has 1 heterocycles. The molecule has 0 radical (unpaired) electrons. The number of nitrogens with zero attached hydrogens (tertiary/aromatic N) is 2. The number of hydrogen-bond donors (Lipinski definition) is 2. The summed E-state index contributed by atoms with van der Waals surface area (Å²) in [5.74, 6) is -0.657. The molecule has 1 aromatic heterocycles. The molecule has 3 rings (SSSR count). The second-order valence-electron chi connectivity index (χ2n) is 5.56. The van der Waals surface area contributed by atoms with Crippen LogP contribution in [0.1, 0.15) is 15.9 Å². The van der Waals surface area contributed by atoms with Crippen molar-refractivity contribution in [1.82, 2.24) is 20.4 Å². The van der Waals surface area contributed by atoms with Gasteiger partial charge in [0, 0.05) is 18.9 Å². The van der Waals surface area contributed by atoms with Crippen molar-refractivity contribution in [3.63, 3.8) is 0 Å². The van der Waals surface area contributed by atoms with Crippen molar-refractivity contribution in [2.45, 2.75) is 6.54 Å². The standard InChI is InChI=1S/C19H17ClN4O2/c20-17-5-2-1-4-16(17)19(26)22-13-18(25)21-12-14-6-8-15(9-7-14)24-11-3-10-23-24/h1-11H,12-13H2,(H,21,25)(H,22,26). The van der Waals surface area contributed by atoms with E-state index in [9.17, 15) is 9.59 Å². The van der Waals surface area contributed by atoms with E-state index in [2.05, 4.69) is 15.7 Å². The van der Waals surface area contributed by atoms with Gasteiger partial charge >= 0.3 is 0 Å². The predicted octanol–water partition coefficient (Wildman–Crippen LogP) is 2.57. The van der Waals surface area contributed by atoms with Crippen LogP contribution in [0, 0.1) is 0 Å². The summed E-state index contributed by atoms with van der Waals surface area (Å²) in [5.41, 5.74) is 2.24. The van der Waals surface area contributed by atoms with Crippen LogP contribution in [0.2, 0.25) is 5.02 Å². The Balaban J connectivity index is 1.47. The zero-order chi connectivity index (χ0) is 18.4. The molecule has 26 heavy (non-hydrogen) atoms. The molecule has 0 spiro atoms. The van der Waals surface area contributed by atoms with Gasteiger partial charge in [0.05, 0.1) is 22.8 Å². The van der Waals surface area contributed by atoms with Crippen LogP contribution in [-0.2, 0) is 11.3 Å². The van der Waals surface area contributed by atoms with Gasteiger partial charge in [-0.3, -0.25) is 9.59 Å². The van der Waals surface area contributed by atoms with Crippen molar-refractivity contribution in [2.75, 3.05) is 6.54 Å². The first-order chi connectivity index (χ1) is 12.6. The molecule has 2 aromatic carbocycles. The smallest absolute Gasteiger partial charge is 0.253 e. The maximum Gasteiger partial charge on any atom is 0.253 e. The van der Waals surface area contributed by atoms with E-state index in [-0.39, 0.29) is 18.4 Å². The molecule has 0 aliphatic carbocycles. The summed E-state index contributed by atoms with van der Waals surface area (Å²) < 4.78 is 1.76. The van der Waals surface area contributed by atoms with Gasteiger partial charge in [0.15, 0.2) is 0 Å². The molecule has 0 bridgehead atoms. The summed E-state index contributed by atoms with van der Waals surface area (Å²) in [6, 6.07) is 16.2. The van der Waals surface area contributed by atoms with Crippen molar-refractivity contribution >= 4 is 23.4 Å². The van der Waals surface area contributed by atoms with E-state index in [1.807, 2.05) is 36.5 Å². The largest absolute Gasteiger partial charge is 0.350 e. The van der Waals surface area contributed by atoms with Crippen molar-refractivity contribution in [3.8, 4) is 5.69 Å². The van der Waals surface area contributed by atoms with E-state index in [1.165, 1.54) is 0 Å². The fourth-order valence-corrected chi connectivity index (χ4v) is 2.57.